The van der Waals surface area contributed by atoms with Crippen LogP contribution in [0.4, 0.5) is 5.82 Å². The molecule has 0 bridgehead atoms. The van der Waals surface area contributed by atoms with E-state index in [1.165, 1.54) is 5.56 Å². The lowest BCUT2D eigenvalue weighted by atomic mass is 10.0. The summed E-state index contributed by atoms with van der Waals surface area (Å²) in [5, 5.41) is 21.3. The Kier molecular flexibility index (Phi) is 4.26. The number of anilines is 1. The SMILES string of the molecule is Cc1c(-c2ccc(C#N)cc2)nnc(N2CCN[C@@H](C)C2)c1C. The summed E-state index contributed by atoms with van der Waals surface area (Å²) in [6.07, 6.45) is 0. The number of piperazine rings is 1. The highest BCUT2D eigenvalue weighted by Gasteiger charge is 2.21. The van der Waals surface area contributed by atoms with E-state index in [1.54, 1.807) is 0 Å². The minimum Gasteiger partial charge on any atom is -0.352 e. The third-order valence-electron chi connectivity index (χ3n) is 4.45. The van der Waals surface area contributed by atoms with Gasteiger partial charge in [0.15, 0.2) is 5.82 Å². The van der Waals surface area contributed by atoms with Crippen molar-refractivity contribution in [2.75, 3.05) is 24.5 Å². The van der Waals surface area contributed by atoms with Crippen LogP contribution in [-0.4, -0.2) is 35.9 Å². The van der Waals surface area contributed by atoms with Gasteiger partial charge in [0.05, 0.1) is 17.3 Å². The van der Waals surface area contributed by atoms with Crippen molar-refractivity contribution in [3.05, 3.63) is 41.0 Å². The van der Waals surface area contributed by atoms with E-state index in [1.807, 2.05) is 24.3 Å². The number of nitrogens with one attached hydrogen (secondary N) is 1. The first-order chi connectivity index (χ1) is 11.1. The number of hydrogen-bond acceptors (Lipinski definition) is 5. The van der Waals surface area contributed by atoms with Crippen molar-refractivity contribution in [3.8, 4) is 17.3 Å². The van der Waals surface area contributed by atoms with Crippen molar-refractivity contribution in [1.82, 2.24) is 15.5 Å². The molecule has 0 spiro atoms. The summed E-state index contributed by atoms with van der Waals surface area (Å²) in [6, 6.07) is 10.1. The van der Waals surface area contributed by atoms with Gasteiger partial charge in [0.1, 0.15) is 0 Å². The van der Waals surface area contributed by atoms with Crippen LogP contribution in [0.5, 0.6) is 0 Å². The molecule has 1 N–H and O–H groups in total. The average molecular weight is 307 g/mol. The van der Waals surface area contributed by atoms with Crippen LogP contribution < -0.4 is 10.2 Å². The van der Waals surface area contributed by atoms with Crippen LogP contribution >= 0.6 is 0 Å². The van der Waals surface area contributed by atoms with Gasteiger partial charge >= 0.3 is 0 Å². The second-order valence-corrected chi connectivity index (χ2v) is 6.11. The van der Waals surface area contributed by atoms with Crippen molar-refractivity contribution in [1.29, 1.82) is 5.26 Å². The summed E-state index contributed by atoms with van der Waals surface area (Å²) in [5.41, 5.74) is 4.86. The highest BCUT2D eigenvalue weighted by molar-refractivity contribution is 5.67. The number of nitriles is 1. The maximum atomic E-state index is 8.91. The molecule has 1 aromatic heterocycles. The lowest BCUT2D eigenvalue weighted by Gasteiger charge is -2.33. The smallest absolute Gasteiger partial charge is 0.154 e. The highest BCUT2D eigenvalue weighted by atomic mass is 15.3. The van der Waals surface area contributed by atoms with E-state index in [9.17, 15) is 0 Å². The fraction of sp³-hybridized carbons (Fsp3) is 0.389. The largest absolute Gasteiger partial charge is 0.352 e. The first-order valence-electron chi connectivity index (χ1n) is 7.93. The quantitative estimate of drug-likeness (QED) is 0.923. The summed E-state index contributed by atoms with van der Waals surface area (Å²) >= 11 is 0. The van der Waals surface area contributed by atoms with Gasteiger partial charge in [-0.15, -0.1) is 10.2 Å². The lowest BCUT2D eigenvalue weighted by molar-refractivity contribution is 0.480. The summed E-state index contributed by atoms with van der Waals surface area (Å²) in [5.74, 6) is 0.980. The molecule has 23 heavy (non-hydrogen) atoms. The van der Waals surface area contributed by atoms with Gasteiger partial charge in [0, 0.05) is 31.2 Å². The average Bonchev–Trinajstić information content (AvgIpc) is 2.57. The molecule has 0 radical (unpaired) electrons. The first kappa shape index (κ1) is 15.4. The van der Waals surface area contributed by atoms with E-state index in [0.29, 0.717) is 11.6 Å². The number of aromatic nitrogens is 2. The van der Waals surface area contributed by atoms with E-state index in [0.717, 1.165) is 42.3 Å². The van der Waals surface area contributed by atoms with Gasteiger partial charge in [-0.2, -0.15) is 5.26 Å². The van der Waals surface area contributed by atoms with Crippen LogP contribution in [0.1, 0.15) is 23.6 Å². The Bertz CT molecular complexity index is 745. The summed E-state index contributed by atoms with van der Waals surface area (Å²) in [4.78, 5) is 2.30. The third-order valence-corrected chi connectivity index (χ3v) is 4.45. The van der Waals surface area contributed by atoms with Gasteiger partial charge in [0.2, 0.25) is 0 Å². The minimum absolute atomic E-state index is 0.462. The summed E-state index contributed by atoms with van der Waals surface area (Å²) < 4.78 is 0. The Morgan fingerprint density at radius 2 is 1.91 bits per heavy atom. The van der Waals surface area contributed by atoms with Gasteiger partial charge < -0.3 is 10.2 Å². The van der Waals surface area contributed by atoms with E-state index in [2.05, 4.69) is 47.3 Å². The Labute approximate surface area is 137 Å². The van der Waals surface area contributed by atoms with Gasteiger partial charge in [-0.05, 0) is 44.0 Å². The van der Waals surface area contributed by atoms with Crippen LogP contribution in [0.25, 0.3) is 11.3 Å². The number of benzene rings is 1. The molecule has 1 aromatic carbocycles. The Morgan fingerprint density at radius 1 is 1.17 bits per heavy atom. The molecule has 1 saturated heterocycles. The highest BCUT2D eigenvalue weighted by Crippen LogP contribution is 2.28. The van der Waals surface area contributed by atoms with Crippen LogP contribution in [-0.2, 0) is 0 Å². The second kappa shape index (κ2) is 6.35. The zero-order chi connectivity index (χ0) is 16.4. The van der Waals surface area contributed by atoms with Crippen molar-refractivity contribution in [2.45, 2.75) is 26.8 Å². The molecule has 1 atom stereocenters. The molecule has 1 aliphatic rings. The van der Waals surface area contributed by atoms with Crippen LogP contribution in [0.3, 0.4) is 0 Å². The van der Waals surface area contributed by atoms with Gasteiger partial charge in [-0.25, -0.2) is 0 Å². The molecule has 3 rings (SSSR count). The molecule has 0 aliphatic carbocycles. The van der Waals surface area contributed by atoms with Crippen LogP contribution in [0.15, 0.2) is 24.3 Å². The third kappa shape index (κ3) is 3.03. The summed E-state index contributed by atoms with van der Waals surface area (Å²) in [6.45, 7) is 9.26. The van der Waals surface area contributed by atoms with Gasteiger partial charge in [-0.1, -0.05) is 12.1 Å². The standard InChI is InChI=1S/C18H21N5/c1-12-11-23(9-8-20-12)18-14(3)13(2)17(21-22-18)16-6-4-15(10-19)5-7-16/h4-7,12,20H,8-9,11H2,1-3H3/t12-/m0/s1. The van der Waals surface area contributed by atoms with Crippen molar-refractivity contribution in [3.63, 3.8) is 0 Å². The fourth-order valence-electron chi connectivity index (χ4n) is 2.99. The molecule has 5 nitrogen and oxygen atoms in total. The second-order valence-electron chi connectivity index (χ2n) is 6.11. The monoisotopic (exact) mass is 307 g/mol. The Hall–Kier alpha value is -2.45. The van der Waals surface area contributed by atoms with Crippen LogP contribution in [0.2, 0.25) is 0 Å². The fourth-order valence-corrected chi connectivity index (χ4v) is 2.99. The zero-order valence-corrected chi connectivity index (χ0v) is 13.8. The van der Waals surface area contributed by atoms with Gasteiger partial charge in [-0.3, -0.25) is 0 Å². The number of rotatable bonds is 2. The van der Waals surface area contributed by atoms with E-state index in [4.69, 9.17) is 5.26 Å². The molecular formula is C18H21N5. The van der Waals surface area contributed by atoms with E-state index < -0.39 is 0 Å². The summed E-state index contributed by atoms with van der Waals surface area (Å²) in [7, 11) is 0. The molecule has 1 aliphatic heterocycles. The molecule has 5 heteroatoms. The predicted octanol–water partition coefficient (Wildman–Crippen LogP) is 2.43. The lowest BCUT2D eigenvalue weighted by Crippen LogP contribution is -2.49. The maximum absolute atomic E-state index is 8.91. The number of hydrogen-bond donors (Lipinski definition) is 1. The van der Waals surface area contributed by atoms with Crippen molar-refractivity contribution >= 4 is 5.82 Å². The van der Waals surface area contributed by atoms with Gasteiger partial charge in [0.25, 0.3) is 0 Å². The van der Waals surface area contributed by atoms with Crippen LogP contribution in [0, 0.1) is 25.2 Å². The molecule has 0 unspecified atom stereocenters. The Morgan fingerprint density at radius 3 is 2.57 bits per heavy atom. The van der Waals surface area contributed by atoms with E-state index in [-0.39, 0.29) is 0 Å². The molecule has 118 valence electrons. The van der Waals surface area contributed by atoms with E-state index >= 15 is 0 Å². The van der Waals surface area contributed by atoms with Crippen molar-refractivity contribution < 1.29 is 0 Å². The molecule has 0 saturated carbocycles. The Balaban J connectivity index is 1.95. The molecule has 2 heterocycles. The minimum atomic E-state index is 0.462. The predicted molar refractivity (Wildman–Crippen MR) is 91.3 cm³/mol. The molecular weight excluding hydrogens is 286 g/mol. The van der Waals surface area contributed by atoms with Crippen molar-refractivity contribution in [2.24, 2.45) is 0 Å². The normalized spacial score (nSPS) is 17.8. The first-order valence-corrected chi connectivity index (χ1v) is 7.93. The number of nitrogens with zero attached hydrogens (tertiary/aromatic N) is 4. The zero-order valence-electron chi connectivity index (χ0n) is 13.8. The molecule has 2 aromatic rings. The topological polar surface area (TPSA) is 64.8 Å². The maximum Gasteiger partial charge on any atom is 0.154 e. The molecule has 1 fully saturated rings. The molecule has 0 amide bonds.